The van der Waals surface area contributed by atoms with Gasteiger partial charge in [0.25, 0.3) is 5.91 Å². The zero-order chi connectivity index (χ0) is 14.9. The van der Waals surface area contributed by atoms with Crippen molar-refractivity contribution in [2.45, 2.75) is 37.6 Å². The van der Waals surface area contributed by atoms with Crippen LogP contribution in [0.4, 0.5) is 5.69 Å². The molecule has 0 unspecified atom stereocenters. The van der Waals surface area contributed by atoms with Crippen LogP contribution in [0.25, 0.3) is 10.1 Å². The highest BCUT2D eigenvalue weighted by atomic mass is 32.1. The highest BCUT2D eigenvalue weighted by molar-refractivity contribution is 7.20. The minimum Gasteiger partial charge on any atom is -0.399 e. The molecule has 1 heterocycles. The van der Waals surface area contributed by atoms with E-state index in [0.717, 1.165) is 35.8 Å². The lowest BCUT2D eigenvalue weighted by Gasteiger charge is -2.36. The van der Waals surface area contributed by atoms with Crippen molar-refractivity contribution in [3.63, 3.8) is 0 Å². The van der Waals surface area contributed by atoms with E-state index >= 15 is 0 Å². The molecular formula is C16H20N2O2S. The monoisotopic (exact) mass is 304 g/mol. The van der Waals surface area contributed by atoms with Gasteiger partial charge in [-0.3, -0.25) is 4.79 Å². The SMILES string of the molecule is Nc1ccc2sc(C(=O)NC3(CO)CCCCC3)cc2c1. The van der Waals surface area contributed by atoms with Gasteiger partial charge in [0.1, 0.15) is 0 Å². The van der Waals surface area contributed by atoms with Crippen LogP contribution in [-0.2, 0) is 0 Å². The van der Waals surface area contributed by atoms with Gasteiger partial charge in [-0.1, -0.05) is 19.3 Å². The lowest BCUT2D eigenvalue weighted by Crippen LogP contribution is -2.52. The second-order valence-electron chi connectivity index (χ2n) is 5.86. The first kappa shape index (κ1) is 14.4. The molecule has 1 aromatic heterocycles. The van der Waals surface area contributed by atoms with E-state index in [2.05, 4.69) is 5.32 Å². The molecule has 1 fully saturated rings. The van der Waals surface area contributed by atoms with E-state index in [1.165, 1.54) is 17.8 Å². The molecule has 4 nitrogen and oxygen atoms in total. The van der Waals surface area contributed by atoms with E-state index < -0.39 is 5.54 Å². The van der Waals surface area contributed by atoms with Crippen LogP contribution in [0, 0.1) is 0 Å². The molecule has 1 aliphatic carbocycles. The topological polar surface area (TPSA) is 75.4 Å². The minimum atomic E-state index is -0.440. The molecule has 1 aliphatic rings. The maximum absolute atomic E-state index is 12.5. The molecule has 0 spiro atoms. The Kier molecular flexibility index (Phi) is 3.87. The van der Waals surface area contributed by atoms with Crippen LogP contribution in [0.5, 0.6) is 0 Å². The number of hydrogen-bond acceptors (Lipinski definition) is 4. The summed E-state index contributed by atoms with van der Waals surface area (Å²) in [5.74, 6) is -0.0919. The van der Waals surface area contributed by atoms with Crippen molar-refractivity contribution in [3.05, 3.63) is 29.1 Å². The number of aliphatic hydroxyl groups excluding tert-OH is 1. The van der Waals surface area contributed by atoms with Gasteiger partial charge in [0.2, 0.25) is 0 Å². The van der Waals surface area contributed by atoms with Gasteiger partial charge in [-0.2, -0.15) is 0 Å². The summed E-state index contributed by atoms with van der Waals surface area (Å²) in [6.45, 7) is 0.0105. The van der Waals surface area contributed by atoms with Crippen LogP contribution in [0.2, 0.25) is 0 Å². The van der Waals surface area contributed by atoms with Crippen LogP contribution in [-0.4, -0.2) is 23.2 Å². The zero-order valence-electron chi connectivity index (χ0n) is 11.9. The molecule has 5 heteroatoms. The Labute approximate surface area is 128 Å². The average Bonchev–Trinajstić information content (AvgIpc) is 2.91. The van der Waals surface area contributed by atoms with Gasteiger partial charge < -0.3 is 16.2 Å². The Bertz CT molecular complexity index is 659. The molecule has 0 bridgehead atoms. The molecule has 112 valence electrons. The fraction of sp³-hybridized carbons (Fsp3) is 0.438. The van der Waals surface area contributed by atoms with Crippen molar-refractivity contribution in [1.82, 2.24) is 5.32 Å². The molecule has 1 amide bonds. The number of benzene rings is 1. The van der Waals surface area contributed by atoms with Crippen LogP contribution in [0.15, 0.2) is 24.3 Å². The molecule has 0 saturated heterocycles. The third-order valence-electron chi connectivity index (χ3n) is 4.26. The van der Waals surface area contributed by atoms with Crippen LogP contribution >= 0.6 is 11.3 Å². The Morgan fingerprint density at radius 1 is 1.29 bits per heavy atom. The number of carbonyl (C=O) groups excluding carboxylic acids is 1. The Morgan fingerprint density at radius 3 is 2.76 bits per heavy atom. The summed E-state index contributed by atoms with van der Waals surface area (Å²) < 4.78 is 1.05. The van der Waals surface area contributed by atoms with Crippen LogP contribution in [0.1, 0.15) is 41.8 Å². The van der Waals surface area contributed by atoms with Crippen LogP contribution < -0.4 is 11.1 Å². The quantitative estimate of drug-likeness (QED) is 0.763. The van der Waals surface area contributed by atoms with Crippen molar-refractivity contribution in [2.24, 2.45) is 0 Å². The van der Waals surface area contributed by atoms with Gasteiger partial charge in [0.05, 0.1) is 17.0 Å². The molecule has 1 saturated carbocycles. The van der Waals surface area contributed by atoms with Gasteiger partial charge in [-0.05, 0) is 42.5 Å². The normalized spacial score (nSPS) is 17.8. The fourth-order valence-electron chi connectivity index (χ4n) is 3.03. The fourth-order valence-corrected chi connectivity index (χ4v) is 3.97. The molecular weight excluding hydrogens is 284 g/mol. The number of rotatable bonds is 3. The van der Waals surface area contributed by atoms with Crippen molar-refractivity contribution in [1.29, 1.82) is 0 Å². The number of nitrogen functional groups attached to an aromatic ring is 1. The number of aliphatic hydroxyl groups is 1. The van der Waals surface area contributed by atoms with Crippen molar-refractivity contribution in [2.75, 3.05) is 12.3 Å². The summed E-state index contributed by atoms with van der Waals surface area (Å²) in [4.78, 5) is 13.2. The van der Waals surface area contributed by atoms with E-state index in [9.17, 15) is 9.90 Å². The number of carbonyl (C=O) groups is 1. The molecule has 1 aromatic carbocycles. The zero-order valence-corrected chi connectivity index (χ0v) is 12.7. The second kappa shape index (κ2) is 5.66. The summed E-state index contributed by atoms with van der Waals surface area (Å²) in [5, 5.41) is 13.7. The standard InChI is InChI=1S/C16H20N2O2S/c17-12-4-5-13-11(8-12)9-14(21-13)15(20)18-16(10-19)6-2-1-3-7-16/h4-5,8-9,19H,1-3,6-7,10,17H2,(H,18,20). The van der Waals surface area contributed by atoms with Gasteiger partial charge in [0, 0.05) is 10.4 Å². The molecule has 4 N–H and O–H groups in total. The molecule has 2 aromatic rings. The van der Waals surface area contributed by atoms with Crippen molar-refractivity contribution in [3.8, 4) is 0 Å². The maximum Gasteiger partial charge on any atom is 0.261 e. The molecule has 0 radical (unpaired) electrons. The summed E-state index contributed by atoms with van der Waals surface area (Å²) in [6, 6.07) is 7.54. The first-order valence-electron chi connectivity index (χ1n) is 7.34. The van der Waals surface area contributed by atoms with E-state index in [0.29, 0.717) is 10.6 Å². The van der Waals surface area contributed by atoms with Gasteiger partial charge >= 0.3 is 0 Å². The predicted molar refractivity (Wildman–Crippen MR) is 86.6 cm³/mol. The third kappa shape index (κ3) is 2.89. The number of nitrogens with one attached hydrogen (secondary N) is 1. The highest BCUT2D eigenvalue weighted by Crippen LogP contribution is 2.30. The summed E-state index contributed by atoms with van der Waals surface area (Å²) in [7, 11) is 0. The second-order valence-corrected chi connectivity index (χ2v) is 6.94. The largest absolute Gasteiger partial charge is 0.399 e. The smallest absolute Gasteiger partial charge is 0.261 e. The van der Waals surface area contributed by atoms with E-state index in [1.54, 1.807) is 0 Å². The van der Waals surface area contributed by atoms with Crippen LogP contribution in [0.3, 0.4) is 0 Å². The Balaban J connectivity index is 1.82. The van der Waals surface area contributed by atoms with E-state index in [-0.39, 0.29) is 12.5 Å². The Hall–Kier alpha value is -1.59. The van der Waals surface area contributed by atoms with Gasteiger partial charge in [-0.15, -0.1) is 11.3 Å². The lowest BCUT2D eigenvalue weighted by atomic mass is 9.82. The highest BCUT2D eigenvalue weighted by Gasteiger charge is 2.33. The summed E-state index contributed by atoms with van der Waals surface area (Å²) >= 11 is 1.46. The molecule has 0 atom stereocenters. The van der Waals surface area contributed by atoms with Crippen molar-refractivity contribution < 1.29 is 9.90 Å². The molecule has 0 aliphatic heterocycles. The number of nitrogens with two attached hydrogens (primary N) is 1. The molecule has 3 rings (SSSR count). The third-order valence-corrected chi connectivity index (χ3v) is 5.37. The summed E-state index contributed by atoms with van der Waals surface area (Å²) in [6.07, 6.45) is 5.01. The number of anilines is 1. The lowest BCUT2D eigenvalue weighted by molar-refractivity contribution is 0.0762. The minimum absolute atomic E-state index is 0.0105. The predicted octanol–water partition coefficient (Wildman–Crippen LogP) is 2.91. The first-order chi connectivity index (χ1) is 10.1. The van der Waals surface area contributed by atoms with E-state index in [1.807, 2.05) is 24.3 Å². The number of hydrogen-bond donors (Lipinski definition) is 3. The number of fused-ring (bicyclic) bond motifs is 1. The molecule has 21 heavy (non-hydrogen) atoms. The maximum atomic E-state index is 12.5. The summed E-state index contributed by atoms with van der Waals surface area (Å²) in [5.41, 5.74) is 6.03. The Morgan fingerprint density at radius 2 is 2.05 bits per heavy atom. The van der Waals surface area contributed by atoms with Crippen molar-refractivity contribution >= 4 is 33.0 Å². The first-order valence-corrected chi connectivity index (χ1v) is 8.16. The van der Waals surface area contributed by atoms with Gasteiger partial charge in [-0.25, -0.2) is 0 Å². The number of thiophene rings is 1. The number of amides is 1. The van der Waals surface area contributed by atoms with Gasteiger partial charge in [0.15, 0.2) is 0 Å². The average molecular weight is 304 g/mol. The van der Waals surface area contributed by atoms with E-state index in [4.69, 9.17) is 5.73 Å².